The van der Waals surface area contributed by atoms with E-state index >= 15 is 0 Å². The maximum atomic E-state index is 12.7. The summed E-state index contributed by atoms with van der Waals surface area (Å²) in [6.45, 7) is 3.70. The zero-order valence-electron chi connectivity index (χ0n) is 11.9. The molecule has 1 aliphatic heterocycles. The van der Waals surface area contributed by atoms with Crippen LogP contribution in [0.2, 0.25) is 5.02 Å². The van der Waals surface area contributed by atoms with Gasteiger partial charge in [-0.3, -0.25) is 19.7 Å². The van der Waals surface area contributed by atoms with E-state index in [1.807, 2.05) is 13.8 Å². The van der Waals surface area contributed by atoms with Gasteiger partial charge >= 0.3 is 0 Å². The lowest BCUT2D eigenvalue weighted by Gasteiger charge is -2.31. The van der Waals surface area contributed by atoms with E-state index < -0.39 is 17.7 Å². The van der Waals surface area contributed by atoms with E-state index in [1.54, 1.807) is 24.3 Å². The number of rotatable bonds is 3. The largest absolute Gasteiger partial charge is 0.324 e. The highest BCUT2D eigenvalue weighted by molar-refractivity contribution is 6.30. The fraction of sp³-hybridized carbons (Fsp3) is 0.400. The first-order chi connectivity index (χ1) is 9.88. The van der Waals surface area contributed by atoms with Crippen LogP contribution in [0.1, 0.15) is 25.3 Å². The van der Waals surface area contributed by atoms with Gasteiger partial charge in [0.2, 0.25) is 17.7 Å². The van der Waals surface area contributed by atoms with E-state index in [0.29, 0.717) is 5.02 Å². The molecule has 1 atom stereocenters. The van der Waals surface area contributed by atoms with E-state index in [4.69, 9.17) is 11.6 Å². The van der Waals surface area contributed by atoms with Crippen molar-refractivity contribution < 1.29 is 14.4 Å². The third kappa shape index (κ3) is 3.61. The third-order valence-corrected chi connectivity index (χ3v) is 3.67. The van der Waals surface area contributed by atoms with Crippen molar-refractivity contribution in [3.8, 4) is 0 Å². The summed E-state index contributed by atoms with van der Waals surface area (Å²) in [5, 5.41) is 2.79. The molecule has 3 amide bonds. The molecule has 6 heteroatoms. The normalized spacial score (nSPS) is 16.9. The van der Waals surface area contributed by atoms with Gasteiger partial charge in [-0.1, -0.05) is 37.6 Å². The second-order valence-corrected chi connectivity index (χ2v) is 5.88. The Bertz CT molecular complexity index is 553. The number of piperazine rings is 1. The number of halogens is 1. The molecule has 0 saturated carbocycles. The number of hydrogen-bond donors (Lipinski definition) is 1. The molecule has 1 heterocycles. The van der Waals surface area contributed by atoms with E-state index in [2.05, 4.69) is 5.32 Å². The molecular weight excluding hydrogens is 292 g/mol. The van der Waals surface area contributed by atoms with Crippen LogP contribution in [0.5, 0.6) is 0 Å². The molecule has 0 bridgehead atoms. The molecular formula is C15H17ClN2O3. The molecule has 0 radical (unpaired) electrons. The van der Waals surface area contributed by atoms with Crippen LogP contribution in [0, 0.1) is 5.92 Å². The van der Waals surface area contributed by atoms with Crippen molar-refractivity contribution >= 4 is 29.3 Å². The van der Waals surface area contributed by atoms with Crippen LogP contribution in [0.25, 0.3) is 0 Å². The second-order valence-electron chi connectivity index (χ2n) is 5.44. The minimum Gasteiger partial charge on any atom is -0.324 e. The Hall–Kier alpha value is -1.88. The predicted molar refractivity (Wildman–Crippen MR) is 78.8 cm³/mol. The monoisotopic (exact) mass is 308 g/mol. The molecule has 1 saturated heterocycles. The maximum absolute atomic E-state index is 12.7. The van der Waals surface area contributed by atoms with Crippen molar-refractivity contribution in [3.63, 3.8) is 0 Å². The molecule has 2 rings (SSSR count). The summed E-state index contributed by atoms with van der Waals surface area (Å²) in [5.41, 5.74) is 0.831. The summed E-state index contributed by atoms with van der Waals surface area (Å²) in [7, 11) is 0. The van der Waals surface area contributed by atoms with Crippen LogP contribution in [0.3, 0.4) is 0 Å². The van der Waals surface area contributed by atoms with Gasteiger partial charge in [0.05, 0.1) is 5.92 Å². The van der Waals surface area contributed by atoms with Crippen molar-refractivity contribution in [1.82, 2.24) is 10.2 Å². The van der Waals surface area contributed by atoms with Crippen LogP contribution in [0.15, 0.2) is 24.3 Å². The molecule has 5 nitrogen and oxygen atoms in total. The first-order valence-electron chi connectivity index (χ1n) is 6.75. The SMILES string of the molecule is CC(C)C(C(=O)N1CC(=O)NC(=O)C1)c1ccc(Cl)cc1. The molecule has 1 N–H and O–H groups in total. The highest BCUT2D eigenvalue weighted by Gasteiger charge is 2.33. The topological polar surface area (TPSA) is 66.5 Å². The molecule has 0 spiro atoms. The van der Waals surface area contributed by atoms with Gasteiger partial charge in [-0.15, -0.1) is 0 Å². The van der Waals surface area contributed by atoms with Crippen molar-refractivity contribution in [1.29, 1.82) is 0 Å². The Morgan fingerprint density at radius 3 is 2.14 bits per heavy atom. The highest BCUT2D eigenvalue weighted by atomic mass is 35.5. The summed E-state index contributed by atoms with van der Waals surface area (Å²) in [6, 6.07) is 7.06. The van der Waals surface area contributed by atoms with Gasteiger partial charge in [0.15, 0.2) is 0 Å². The van der Waals surface area contributed by atoms with Gasteiger partial charge in [-0.05, 0) is 23.6 Å². The standard InChI is InChI=1S/C15H17ClN2O3/c1-9(2)14(10-3-5-11(16)6-4-10)15(21)18-7-12(19)17-13(20)8-18/h3-6,9,14H,7-8H2,1-2H3,(H,17,19,20). The van der Waals surface area contributed by atoms with Gasteiger partial charge in [0.25, 0.3) is 0 Å². The van der Waals surface area contributed by atoms with Gasteiger partial charge < -0.3 is 4.90 Å². The Balaban J connectivity index is 2.25. The molecule has 1 aromatic carbocycles. The first kappa shape index (κ1) is 15.5. The van der Waals surface area contributed by atoms with E-state index in [0.717, 1.165) is 5.56 Å². The number of carbonyl (C=O) groups excluding carboxylic acids is 3. The van der Waals surface area contributed by atoms with E-state index in [1.165, 1.54) is 4.90 Å². The fourth-order valence-electron chi connectivity index (χ4n) is 2.47. The summed E-state index contributed by atoms with van der Waals surface area (Å²) >= 11 is 5.87. The first-order valence-corrected chi connectivity index (χ1v) is 7.13. The zero-order valence-corrected chi connectivity index (χ0v) is 12.7. The number of carbonyl (C=O) groups is 3. The Labute approximate surface area is 128 Å². The van der Waals surface area contributed by atoms with Crippen LogP contribution in [-0.4, -0.2) is 35.7 Å². The Kier molecular flexibility index (Phi) is 4.63. The molecule has 1 aliphatic rings. The number of amides is 3. The van der Waals surface area contributed by atoms with Crippen molar-refractivity contribution in [2.24, 2.45) is 5.92 Å². The zero-order chi connectivity index (χ0) is 15.6. The number of nitrogens with zero attached hydrogens (tertiary/aromatic N) is 1. The predicted octanol–water partition coefficient (Wildman–Crippen LogP) is 1.56. The van der Waals surface area contributed by atoms with Gasteiger partial charge in [-0.25, -0.2) is 0 Å². The molecule has 21 heavy (non-hydrogen) atoms. The Morgan fingerprint density at radius 1 is 1.14 bits per heavy atom. The molecule has 0 aliphatic carbocycles. The van der Waals surface area contributed by atoms with E-state index in [-0.39, 0.29) is 24.9 Å². The van der Waals surface area contributed by atoms with Gasteiger partial charge in [-0.2, -0.15) is 0 Å². The maximum Gasteiger partial charge on any atom is 0.246 e. The smallest absolute Gasteiger partial charge is 0.246 e. The average Bonchev–Trinajstić information content (AvgIpc) is 2.39. The minimum atomic E-state index is -0.446. The number of nitrogens with one attached hydrogen (secondary N) is 1. The lowest BCUT2D eigenvalue weighted by Crippen LogP contribution is -2.54. The molecule has 1 fully saturated rings. The van der Waals surface area contributed by atoms with Crippen LogP contribution < -0.4 is 5.32 Å². The molecule has 1 unspecified atom stereocenters. The third-order valence-electron chi connectivity index (χ3n) is 3.42. The lowest BCUT2D eigenvalue weighted by molar-refractivity contribution is -0.146. The van der Waals surface area contributed by atoms with Gasteiger partial charge in [0.1, 0.15) is 13.1 Å². The van der Waals surface area contributed by atoms with Crippen LogP contribution in [0.4, 0.5) is 0 Å². The quantitative estimate of drug-likeness (QED) is 0.862. The second kappa shape index (κ2) is 6.26. The molecule has 0 aromatic heterocycles. The highest BCUT2D eigenvalue weighted by Crippen LogP contribution is 2.28. The molecule has 112 valence electrons. The van der Waals surface area contributed by atoms with Crippen molar-refractivity contribution in [2.45, 2.75) is 19.8 Å². The molecule has 1 aromatic rings. The summed E-state index contributed by atoms with van der Waals surface area (Å²) in [6.07, 6.45) is 0. The van der Waals surface area contributed by atoms with Crippen LogP contribution in [-0.2, 0) is 14.4 Å². The summed E-state index contributed by atoms with van der Waals surface area (Å²) < 4.78 is 0. The lowest BCUT2D eigenvalue weighted by atomic mass is 9.87. The number of hydrogen-bond acceptors (Lipinski definition) is 3. The van der Waals surface area contributed by atoms with E-state index in [9.17, 15) is 14.4 Å². The Morgan fingerprint density at radius 2 is 1.67 bits per heavy atom. The minimum absolute atomic E-state index is 0.0405. The number of imide groups is 1. The summed E-state index contributed by atoms with van der Waals surface area (Å²) in [4.78, 5) is 36.8. The summed E-state index contributed by atoms with van der Waals surface area (Å²) in [5.74, 6) is -1.47. The van der Waals surface area contributed by atoms with Gasteiger partial charge in [0, 0.05) is 5.02 Å². The number of benzene rings is 1. The average molecular weight is 309 g/mol. The fourth-order valence-corrected chi connectivity index (χ4v) is 2.60. The van der Waals surface area contributed by atoms with Crippen molar-refractivity contribution in [3.05, 3.63) is 34.9 Å². The van der Waals surface area contributed by atoms with Crippen molar-refractivity contribution in [2.75, 3.05) is 13.1 Å². The van der Waals surface area contributed by atoms with Crippen LogP contribution >= 0.6 is 11.6 Å².